The molecule has 0 bridgehead atoms. The highest BCUT2D eigenvalue weighted by Crippen LogP contribution is 2.24. The highest BCUT2D eigenvalue weighted by Gasteiger charge is 2.38. The van der Waals surface area contributed by atoms with Crippen LogP contribution in [0.1, 0.15) is 13.3 Å². The zero-order valence-electron chi connectivity index (χ0n) is 9.67. The minimum absolute atomic E-state index is 0.0176. The maximum atomic E-state index is 12.3. The number of nitrogens with two attached hydrogens (primary N) is 1. The Kier molecular flexibility index (Phi) is 4.76. The van der Waals surface area contributed by atoms with Gasteiger partial charge >= 0.3 is 6.18 Å². The summed E-state index contributed by atoms with van der Waals surface area (Å²) >= 11 is 0. The molecule has 1 rings (SSSR count). The van der Waals surface area contributed by atoms with Gasteiger partial charge in [-0.05, 0) is 13.3 Å². The minimum atomic E-state index is -4.40. The number of carbonyl (C=O) groups is 1. The third-order valence-corrected chi connectivity index (χ3v) is 2.77. The summed E-state index contributed by atoms with van der Waals surface area (Å²) in [5, 5.41) is 0. The van der Waals surface area contributed by atoms with Crippen LogP contribution in [-0.2, 0) is 9.53 Å². The van der Waals surface area contributed by atoms with Crippen LogP contribution in [0.2, 0.25) is 0 Å². The lowest BCUT2D eigenvalue weighted by atomic mass is 10.0. The fourth-order valence-electron chi connectivity index (χ4n) is 1.93. The van der Waals surface area contributed by atoms with Gasteiger partial charge in [0.25, 0.3) is 0 Å². The molecule has 0 radical (unpaired) electrons. The summed E-state index contributed by atoms with van der Waals surface area (Å²) < 4.78 is 42.1. The van der Waals surface area contributed by atoms with Gasteiger partial charge in [0.05, 0.1) is 12.0 Å². The second-order valence-electron chi connectivity index (χ2n) is 4.13. The Morgan fingerprint density at radius 2 is 2.18 bits per heavy atom. The van der Waals surface area contributed by atoms with Gasteiger partial charge in [-0.2, -0.15) is 13.2 Å². The van der Waals surface area contributed by atoms with E-state index in [9.17, 15) is 18.0 Å². The largest absolute Gasteiger partial charge is 0.406 e. The Morgan fingerprint density at radius 1 is 1.53 bits per heavy atom. The number of halogens is 3. The van der Waals surface area contributed by atoms with E-state index in [-0.39, 0.29) is 19.2 Å². The van der Waals surface area contributed by atoms with Crippen LogP contribution in [0.5, 0.6) is 0 Å². The average molecular weight is 254 g/mol. The summed E-state index contributed by atoms with van der Waals surface area (Å²) in [7, 11) is 0. The van der Waals surface area contributed by atoms with E-state index in [0.29, 0.717) is 13.0 Å². The van der Waals surface area contributed by atoms with Crippen molar-refractivity contribution in [2.24, 2.45) is 11.7 Å². The van der Waals surface area contributed by atoms with E-state index in [1.54, 1.807) is 6.92 Å². The zero-order chi connectivity index (χ0) is 13.1. The normalized spacial score (nSPS) is 25.0. The second kappa shape index (κ2) is 5.68. The molecule has 7 heteroatoms. The number of hydrogen-bond donors (Lipinski definition) is 1. The minimum Gasteiger partial charge on any atom is -0.378 e. The van der Waals surface area contributed by atoms with Crippen LogP contribution in [-0.4, -0.2) is 49.3 Å². The number of amides is 1. The van der Waals surface area contributed by atoms with E-state index in [1.807, 2.05) is 0 Å². The Hall–Kier alpha value is -0.820. The first-order chi connectivity index (χ1) is 7.85. The lowest BCUT2D eigenvalue weighted by molar-refractivity contribution is -0.164. The van der Waals surface area contributed by atoms with Crippen molar-refractivity contribution in [2.45, 2.75) is 25.6 Å². The fraction of sp³-hybridized carbons (Fsp3) is 0.900. The van der Waals surface area contributed by atoms with Gasteiger partial charge < -0.3 is 15.4 Å². The Morgan fingerprint density at radius 3 is 2.59 bits per heavy atom. The van der Waals surface area contributed by atoms with Gasteiger partial charge in [0, 0.05) is 19.7 Å². The van der Waals surface area contributed by atoms with Crippen LogP contribution in [0.15, 0.2) is 0 Å². The standard InChI is InChI=1S/C10H17F3N2O2/c1-7-8(2-5-17-7)9(16)15(4-3-14)6-10(11,12)13/h7-8H,2-6,14H2,1H3. The predicted octanol–water partition coefficient (Wildman–Crippen LogP) is 0.761. The van der Waals surface area contributed by atoms with E-state index in [1.165, 1.54) is 0 Å². The molecule has 1 aliphatic rings. The van der Waals surface area contributed by atoms with E-state index in [4.69, 9.17) is 10.5 Å². The molecule has 0 aromatic heterocycles. The van der Waals surface area contributed by atoms with Gasteiger partial charge in [-0.1, -0.05) is 0 Å². The maximum Gasteiger partial charge on any atom is 0.406 e. The smallest absolute Gasteiger partial charge is 0.378 e. The molecular weight excluding hydrogens is 237 g/mol. The molecular formula is C10H17F3N2O2. The molecule has 0 aromatic carbocycles. The topological polar surface area (TPSA) is 55.6 Å². The van der Waals surface area contributed by atoms with Crippen LogP contribution in [0.3, 0.4) is 0 Å². The summed E-state index contributed by atoms with van der Waals surface area (Å²) in [4.78, 5) is 12.7. The van der Waals surface area contributed by atoms with Gasteiger partial charge in [-0.3, -0.25) is 4.79 Å². The van der Waals surface area contributed by atoms with Crippen molar-refractivity contribution in [3.8, 4) is 0 Å². The first kappa shape index (κ1) is 14.2. The van der Waals surface area contributed by atoms with Gasteiger partial charge in [0.1, 0.15) is 6.54 Å². The molecule has 0 spiro atoms. The van der Waals surface area contributed by atoms with Crippen molar-refractivity contribution in [3.63, 3.8) is 0 Å². The van der Waals surface area contributed by atoms with Crippen molar-refractivity contribution in [2.75, 3.05) is 26.2 Å². The van der Waals surface area contributed by atoms with Gasteiger partial charge in [-0.15, -0.1) is 0 Å². The van der Waals surface area contributed by atoms with Gasteiger partial charge in [0.2, 0.25) is 5.91 Å². The Bertz CT molecular complexity index is 271. The average Bonchev–Trinajstić information content (AvgIpc) is 2.61. The Labute approximate surface area is 97.9 Å². The van der Waals surface area contributed by atoms with Crippen LogP contribution < -0.4 is 5.73 Å². The number of hydrogen-bond acceptors (Lipinski definition) is 3. The number of nitrogens with zero attached hydrogens (tertiary/aromatic N) is 1. The van der Waals surface area contributed by atoms with E-state index >= 15 is 0 Å². The zero-order valence-corrected chi connectivity index (χ0v) is 9.67. The predicted molar refractivity (Wildman–Crippen MR) is 55.2 cm³/mol. The highest BCUT2D eigenvalue weighted by molar-refractivity contribution is 5.79. The third kappa shape index (κ3) is 4.16. The number of carbonyl (C=O) groups excluding carboxylic acids is 1. The second-order valence-corrected chi connectivity index (χ2v) is 4.13. The molecule has 2 atom stereocenters. The molecule has 1 aliphatic heterocycles. The van der Waals surface area contributed by atoms with Crippen molar-refractivity contribution >= 4 is 5.91 Å². The van der Waals surface area contributed by atoms with E-state index in [2.05, 4.69) is 0 Å². The van der Waals surface area contributed by atoms with E-state index in [0.717, 1.165) is 4.90 Å². The Balaban J connectivity index is 2.66. The molecule has 17 heavy (non-hydrogen) atoms. The molecule has 2 N–H and O–H groups in total. The van der Waals surface area contributed by atoms with Crippen molar-refractivity contribution < 1.29 is 22.7 Å². The molecule has 100 valence electrons. The first-order valence-corrected chi connectivity index (χ1v) is 5.52. The summed E-state index contributed by atoms with van der Waals surface area (Å²) in [6.45, 7) is 0.807. The SMILES string of the molecule is CC1OCCC1C(=O)N(CCN)CC(F)(F)F. The van der Waals surface area contributed by atoms with Crippen LogP contribution in [0.4, 0.5) is 13.2 Å². The summed E-state index contributed by atoms with van der Waals surface area (Å²) in [6, 6.07) is 0. The number of ether oxygens (including phenoxy) is 1. The number of rotatable bonds is 4. The summed E-state index contributed by atoms with van der Waals surface area (Å²) in [6.07, 6.45) is -4.25. The fourth-order valence-corrected chi connectivity index (χ4v) is 1.93. The maximum absolute atomic E-state index is 12.3. The monoisotopic (exact) mass is 254 g/mol. The lowest BCUT2D eigenvalue weighted by Gasteiger charge is -2.27. The van der Waals surface area contributed by atoms with Crippen LogP contribution in [0, 0.1) is 5.92 Å². The summed E-state index contributed by atoms with van der Waals surface area (Å²) in [5.74, 6) is -0.998. The van der Waals surface area contributed by atoms with Crippen molar-refractivity contribution in [1.29, 1.82) is 0 Å². The first-order valence-electron chi connectivity index (χ1n) is 5.52. The van der Waals surface area contributed by atoms with Crippen LogP contribution >= 0.6 is 0 Å². The molecule has 0 aliphatic carbocycles. The quantitative estimate of drug-likeness (QED) is 0.806. The van der Waals surface area contributed by atoms with E-state index < -0.39 is 24.5 Å². The third-order valence-electron chi connectivity index (χ3n) is 2.77. The molecule has 0 aromatic rings. The summed E-state index contributed by atoms with van der Waals surface area (Å²) in [5.41, 5.74) is 5.23. The molecule has 1 saturated heterocycles. The molecule has 0 saturated carbocycles. The van der Waals surface area contributed by atoms with Gasteiger partial charge in [0.15, 0.2) is 0 Å². The van der Waals surface area contributed by atoms with Crippen LogP contribution in [0.25, 0.3) is 0 Å². The van der Waals surface area contributed by atoms with Crippen molar-refractivity contribution in [3.05, 3.63) is 0 Å². The molecule has 1 amide bonds. The highest BCUT2D eigenvalue weighted by atomic mass is 19.4. The molecule has 1 fully saturated rings. The molecule has 1 heterocycles. The number of alkyl halides is 3. The van der Waals surface area contributed by atoms with Gasteiger partial charge in [-0.25, -0.2) is 0 Å². The van der Waals surface area contributed by atoms with Crippen molar-refractivity contribution in [1.82, 2.24) is 4.90 Å². The lowest BCUT2D eigenvalue weighted by Crippen LogP contribution is -2.45. The molecule has 4 nitrogen and oxygen atoms in total. The molecule has 2 unspecified atom stereocenters.